The highest BCUT2D eigenvalue weighted by atomic mass is 16.1. The lowest BCUT2D eigenvalue weighted by Gasteiger charge is -2.30. The Kier molecular flexibility index (Phi) is 3.53. The highest BCUT2D eigenvalue weighted by molar-refractivity contribution is 5.35. The highest BCUT2D eigenvalue weighted by Gasteiger charge is 2.22. The average molecular weight is 245 g/mol. The number of likely N-dealkylation sites (N-methyl/N-ethyl adjacent to an activating group) is 1. The van der Waals surface area contributed by atoms with Crippen LogP contribution < -0.4 is 5.56 Å². The molecule has 0 bridgehead atoms. The lowest BCUT2D eigenvalue weighted by atomic mass is 10.0. The van der Waals surface area contributed by atoms with Gasteiger partial charge in [0.05, 0.1) is 0 Å². The van der Waals surface area contributed by atoms with E-state index in [1.165, 1.54) is 0 Å². The average Bonchev–Trinajstić information content (AvgIpc) is 2.36. The van der Waals surface area contributed by atoms with Crippen molar-refractivity contribution in [1.82, 2.24) is 9.47 Å². The van der Waals surface area contributed by atoms with Crippen LogP contribution in [0.15, 0.2) is 10.9 Å². The molecule has 0 spiro atoms. The minimum absolute atomic E-state index is 0.104. The van der Waals surface area contributed by atoms with Crippen molar-refractivity contribution in [2.24, 2.45) is 0 Å². The van der Waals surface area contributed by atoms with Crippen molar-refractivity contribution in [2.45, 2.75) is 39.8 Å². The molecule has 4 nitrogen and oxygen atoms in total. The lowest BCUT2D eigenvalue weighted by molar-refractivity contribution is 0.260. The fraction of sp³-hybridized carbons (Fsp3) is 0.571. The predicted octanol–water partition coefficient (Wildman–Crippen LogP) is 1.68. The Morgan fingerprint density at radius 2 is 2.22 bits per heavy atom. The van der Waals surface area contributed by atoms with Crippen molar-refractivity contribution in [3.8, 4) is 6.07 Å². The van der Waals surface area contributed by atoms with Crippen LogP contribution in [-0.2, 0) is 13.0 Å². The molecule has 0 unspecified atom stereocenters. The molecule has 2 heterocycles. The molecule has 1 aliphatic rings. The van der Waals surface area contributed by atoms with Gasteiger partial charge in [-0.15, -0.1) is 0 Å². The van der Waals surface area contributed by atoms with Gasteiger partial charge in [0.2, 0.25) is 0 Å². The lowest BCUT2D eigenvalue weighted by Crippen LogP contribution is -2.37. The van der Waals surface area contributed by atoms with Gasteiger partial charge in [-0.2, -0.15) is 5.26 Å². The van der Waals surface area contributed by atoms with Crippen LogP contribution in [0.3, 0.4) is 0 Å². The predicted molar refractivity (Wildman–Crippen MR) is 70.5 cm³/mol. The third-order valence-corrected chi connectivity index (χ3v) is 3.57. The topological polar surface area (TPSA) is 49.0 Å². The Hall–Kier alpha value is -1.60. The molecule has 2 rings (SSSR count). The van der Waals surface area contributed by atoms with Crippen LogP contribution >= 0.6 is 0 Å². The molecule has 0 radical (unpaired) electrons. The van der Waals surface area contributed by atoms with Gasteiger partial charge in [-0.05, 0) is 32.0 Å². The molecule has 0 saturated carbocycles. The van der Waals surface area contributed by atoms with E-state index in [4.69, 9.17) is 5.26 Å². The number of nitriles is 1. The number of hydrogen-bond acceptors (Lipinski definition) is 3. The third kappa shape index (κ3) is 2.06. The van der Waals surface area contributed by atoms with Gasteiger partial charge in [-0.25, -0.2) is 0 Å². The van der Waals surface area contributed by atoms with Gasteiger partial charge < -0.3 is 4.57 Å². The fourth-order valence-corrected chi connectivity index (χ4v) is 2.62. The maximum Gasteiger partial charge on any atom is 0.268 e. The SMILES string of the molecule is CCN1CCc2c(cc(C#N)c(=O)n2C(C)C)C1. The molecule has 0 N–H and O–H groups in total. The van der Waals surface area contributed by atoms with E-state index in [1.54, 1.807) is 10.6 Å². The number of hydrogen-bond donors (Lipinski definition) is 0. The van der Waals surface area contributed by atoms with E-state index < -0.39 is 0 Å². The molecule has 0 saturated heterocycles. The molecule has 1 aliphatic heterocycles. The van der Waals surface area contributed by atoms with Crippen molar-refractivity contribution in [2.75, 3.05) is 13.1 Å². The first-order valence-electron chi connectivity index (χ1n) is 6.48. The van der Waals surface area contributed by atoms with Gasteiger partial charge in [0.15, 0.2) is 0 Å². The van der Waals surface area contributed by atoms with Gasteiger partial charge in [0.25, 0.3) is 5.56 Å². The Morgan fingerprint density at radius 3 is 2.78 bits per heavy atom. The Balaban J connectivity index is 2.61. The normalized spacial score (nSPS) is 15.5. The van der Waals surface area contributed by atoms with E-state index in [1.807, 2.05) is 19.9 Å². The molecule has 0 aliphatic carbocycles. The summed E-state index contributed by atoms with van der Waals surface area (Å²) in [5.74, 6) is 0. The van der Waals surface area contributed by atoms with Crippen LogP contribution in [0.4, 0.5) is 0 Å². The summed E-state index contributed by atoms with van der Waals surface area (Å²) in [4.78, 5) is 14.5. The molecular weight excluding hydrogens is 226 g/mol. The largest absolute Gasteiger partial charge is 0.309 e. The first kappa shape index (κ1) is 12.8. The molecule has 0 amide bonds. The van der Waals surface area contributed by atoms with Gasteiger partial charge in [0.1, 0.15) is 11.6 Å². The summed E-state index contributed by atoms with van der Waals surface area (Å²) in [6.45, 7) is 8.95. The fourth-order valence-electron chi connectivity index (χ4n) is 2.62. The summed E-state index contributed by atoms with van der Waals surface area (Å²) >= 11 is 0. The van der Waals surface area contributed by atoms with Gasteiger partial charge >= 0.3 is 0 Å². The standard InChI is InChI=1S/C14H19N3O/c1-4-16-6-5-13-12(9-16)7-11(8-15)14(18)17(13)10(2)3/h7,10H,4-6,9H2,1-3H3. The highest BCUT2D eigenvalue weighted by Crippen LogP contribution is 2.20. The summed E-state index contributed by atoms with van der Waals surface area (Å²) in [7, 11) is 0. The smallest absolute Gasteiger partial charge is 0.268 e. The number of pyridine rings is 1. The van der Waals surface area contributed by atoms with Gasteiger partial charge in [-0.3, -0.25) is 9.69 Å². The summed E-state index contributed by atoms with van der Waals surface area (Å²) in [5, 5.41) is 9.07. The molecular formula is C14H19N3O. The zero-order valence-corrected chi connectivity index (χ0v) is 11.2. The maximum atomic E-state index is 12.2. The molecule has 0 fully saturated rings. The number of aromatic nitrogens is 1. The van der Waals surface area contributed by atoms with E-state index in [2.05, 4.69) is 11.8 Å². The second-order valence-corrected chi connectivity index (χ2v) is 5.03. The second-order valence-electron chi connectivity index (χ2n) is 5.03. The quantitative estimate of drug-likeness (QED) is 0.796. The number of rotatable bonds is 2. The summed E-state index contributed by atoms with van der Waals surface area (Å²) < 4.78 is 1.79. The van der Waals surface area contributed by atoms with Crippen molar-refractivity contribution < 1.29 is 0 Å². The Labute approximate surface area is 107 Å². The van der Waals surface area contributed by atoms with Crippen LogP contribution in [0.5, 0.6) is 0 Å². The van der Waals surface area contributed by atoms with E-state index in [0.29, 0.717) is 0 Å². The molecule has 0 aromatic carbocycles. The molecule has 0 atom stereocenters. The van der Waals surface area contributed by atoms with Crippen molar-refractivity contribution in [3.05, 3.63) is 33.2 Å². The second kappa shape index (κ2) is 4.95. The molecule has 1 aromatic heterocycles. The monoisotopic (exact) mass is 245 g/mol. The van der Waals surface area contributed by atoms with E-state index >= 15 is 0 Å². The summed E-state index contributed by atoms with van der Waals surface area (Å²) in [5.41, 5.74) is 2.36. The van der Waals surface area contributed by atoms with Crippen molar-refractivity contribution in [3.63, 3.8) is 0 Å². The minimum Gasteiger partial charge on any atom is -0.309 e. The van der Waals surface area contributed by atoms with E-state index in [-0.39, 0.29) is 17.2 Å². The van der Waals surface area contributed by atoms with Crippen molar-refractivity contribution in [1.29, 1.82) is 5.26 Å². The first-order chi connectivity index (χ1) is 8.58. The third-order valence-electron chi connectivity index (χ3n) is 3.57. The van der Waals surface area contributed by atoms with Gasteiger partial charge in [-0.1, -0.05) is 6.92 Å². The van der Waals surface area contributed by atoms with Crippen LogP contribution in [0.25, 0.3) is 0 Å². The zero-order chi connectivity index (χ0) is 13.3. The molecule has 18 heavy (non-hydrogen) atoms. The molecule has 4 heteroatoms. The summed E-state index contributed by atoms with van der Waals surface area (Å²) in [6, 6.07) is 3.90. The minimum atomic E-state index is -0.142. The van der Waals surface area contributed by atoms with Crippen LogP contribution in [0, 0.1) is 11.3 Å². The van der Waals surface area contributed by atoms with Crippen LogP contribution in [0.1, 0.15) is 43.6 Å². The van der Waals surface area contributed by atoms with E-state index in [0.717, 1.165) is 37.3 Å². The first-order valence-corrected chi connectivity index (χ1v) is 6.48. The molecule has 96 valence electrons. The number of fused-ring (bicyclic) bond motifs is 1. The molecule has 1 aromatic rings. The zero-order valence-electron chi connectivity index (χ0n) is 11.2. The van der Waals surface area contributed by atoms with Crippen LogP contribution in [-0.4, -0.2) is 22.6 Å². The van der Waals surface area contributed by atoms with Crippen LogP contribution in [0.2, 0.25) is 0 Å². The number of nitrogens with zero attached hydrogens (tertiary/aromatic N) is 3. The Morgan fingerprint density at radius 1 is 1.50 bits per heavy atom. The van der Waals surface area contributed by atoms with Gasteiger partial charge in [0, 0.05) is 31.2 Å². The van der Waals surface area contributed by atoms with Crippen molar-refractivity contribution >= 4 is 0 Å². The maximum absolute atomic E-state index is 12.2. The summed E-state index contributed by atoms with van der Waals surface area (Å²) in [6.07, 6.45) is 0.891. The van der Waals surface area contributed by atoms with E-state index in [9.17, 15) is 4.79 Å². The Bertz CT molecular complexity index is 551.